The molecule has 1 saturated heterocycles. The third-order valence-corrected chi connectivity index (χ3v) is 4.33. The Morgan fingerprint density at radius 1 is 1.11 bits per heavy atom. The van der Waals surface area contributed by atoms with E-state index in [1.54, 1.807) is 23.1 Å². The number of likely N-dealkylation sites (tertiary alicyclic amines) is 1. The zero-order chi connectivity index (χ0) is 18.9. The van der Waals surface area contributed by atoms with Crippen molar-refractivity contribution in [1.82, 2.24) is 4.90 Å². The number of ether oxygens (including phenoxy) is 2. The van der Waals surface area contributed by atoms with Crippen molar-refractivity contribution in [1.29, 1.82) is 0 Å². The number of hydrogen-bond donors (Lipinski definition) is 1. The van der Waals surface area contributed by atoms with E-state index in [0.29, 0.717) is 43.4 Å². The van der Waals surface area contributed by atoms with Crippen molar-refractivity contribution in [2.45, 2.75) is 52.0 Å². The molecule has 0 aromatic heterocycles. The van der Waals surface area contributed by atoms with Crippen LogP contribution in [0, 0.1) is 0 Å². The van der Waals surface area contributed by atoms with Crippen LogP contribution in [0.4, 0.5) is 0 Å². The van der Waals surface area contributed by atoms with E-state index in [4.69, 9.17) is 15.2 Å². The monoisotopic (exact) mass is 398 g/mol. The molecule has 0 spiro atoms. The summed E-state index contributed by atoms with van der Waals surface area (Å²) in [7, 11) is 0. The van der Waals surface area contributed by atoms with Crippen LogP contribution in [0.5, 0.6) is 11.5 Å². The fourth-order valence-corrected chi connectivity index (χ4v) is 2.87. The lowest BCUT2D eigenvalue weighted by Gasteiger charge is -2.16. The largest absolute Gasteiger partial charge is 0.490 e. The molecule has 0 aliphatic carbocycles. The van der Waals surface area contributed by atoms with Crippen molar-refractivity contribution < 1.29 is 19.1 Å². The Kier molecular flexibility index (Phi) is 10.2. The minimum Gasteiger partial charge on any atom is -0.490 e. The van der Waals surface area contributed by atoms with E-state index in [2.05, 4.69) is 0 Å². The standard InChI is InChI=1S/C20H30N2O4.ClH/c1-3-11-25-18-7-5-15(13-19(18)26-12-4-2)17(23)6-8-20(24)22-10-9-16(21)14-22;/h5,7,13,16H,3-4,6,8-12,14,21H2,1-2H3;1H/t16-;/m1./s1. The molecule has 1 amide bonds. The Morgan fingerprint density at radius 3 is 2.37 bits per heavy atom. The van der Waals surface area contributed by atoms with Crippen molar-refractivity contribution in [3.63, 3.8) is 0 Å². The van der Waals surface area contributed by atoms with Crippen LogP contribution in [-0.2, 0) is 4.79 Å². The average molecular weight is 399 g/mol. The summed E-state index contributed by atoms with van der Waals surface area (Å²) < 4.78 is 11.4. The van der Waals surface area contributed by atoms with E-state index in [0.717, 1.165) is 19.3 Å². The predicted octanol–water partition coefficient (Wildman–Crippen LogP) is 3.21. The van der Waals surface area contributed by atoms with Gasteiger partial charge in [0.05, 0.1) is 13.2 Å². The first-order valence-electron chi connectivity index (χ1n) is 9.51. The van der Waals surface area contributed by atoms with Crippen LogP contribution in [0.25, 0.3) is 0 Å². The van der Waals surface area contributed by atoms with Gasteiger partial charge in [-0.05, 0) is 37.5 Å². The average Bonchev–Trinajstić information content (AvgIpc) is 3.09. The van der Waals surface area contributed by atoms with Gasteiger partial charge in [-0.25, -0.2) is 0 Å². The minimum atomic E-state index is -0.0646. The molecule has 1 atom stereocenters. The number of carbonyl (C=O) groups is 2. The van der Waals surface area contributed by atoms with Gasteiger partial charge in [0.15, 0.2) is 17.3 Å². The highest BCUT2D eigenvalue weighted by Crippen LogP contribution is 2.29. The number of halogens is 1. The van der Waals surface area contributed by atoms with Gasteiger partial charge >= 0.3 is 0 Å². The highest BCUT2D eigenvalue weighted by Gasteiger charge is 2.24. The Bertz CT molecular complexity index is 624. The summed E-state index contributed by atoms with van der Waals surface area (Å²) in [6, 6.07) is 5.29. The molecule has 27 heavy (non-hydrogen) atoms. The first-order valence-corrected chi connectivity index (χ1v) is 9.51. The third kappa shape index (κ3) is 7.03. The van der Waals surface area contributed by atoms with Gasteiger partial charge in [-0.15, -0.1) is 12.4 Å². The van der Waals surface area contributed by atoms with Gasteiger partial charge in [0.1, 0.15) is 0 Å². The van der Waals surface area contributed by atoms with Gasteiger partial charge < -0.3 is 20.1 Å². The molecule has 1 aliphatic rings. The van der Waals surface area contributed by atoms with Gasteiger partial charge in [0.2, 0.25) is 5.91 Å². The van der Waals surface area contributed by atoms with E-state index in [1.807, 2.05) is 13.8 Å². The van der Waals surface area contributed by atoms with Crippen LogP contribution in [-0.4, -0.2) is 48.9 Å². The number of amides is 1. The van der Waals surface area contributed by atoms with Crippen molar-refractivity contribution in [3.8, 4) is 11.5 Å². The van der Waals surface area contributed by atoms with Crippen LogP contribution >= 0.6 is 12.4 Å². The highest BCUT2D eigenvalue weighted by molar-refractivity contribution is 5.98. The van der Waals surface area contributed by atoms with E-state index >= 15 is 0 Å². The summed E-state index contributed by atoms with van der Waals surface area (Å²) in [5.74, 6) is 1.17. The molecule has 2 N–H and O–H groups in total. The van der Waals surface area contributed by atoms with E-state index in [-0.39, 0.29) is 43.0 Å². The molecule has 152 valence electrons. The quantitative estimate of drug-likeness (QED) is 0.612. The van der Waals surface area contributed by atoms with E-state index in [1.165, 1.54) is 0 Å². The molecule has 0 bridgehead atoms. The molecule has 1 aromatic rings. The molecule has 0 saturated carbocycles. The van der Waals surface area contributed by atoms with Gasteiger partial charge in [0, 0.05) is 37.5 Å². The summed E-state index contributed by atoms with van der Waals surface area (Å²) in [6.45, 7) is 6.50. The molecule has 6 nitrogen and oxygen atoms in total. The maximum absolute atomic E-state index is 12.5. The van der Waals surface area contributed by atoms with Crippen LogP contribution in [0.3, 0.4) is 0 Å². The number of hydrogen-bond acceptors (Lipinski definition) is 5. The van der Waals surface area contributed by atoms with Gasteiger partial charge in [-0.2, -0.15) is 0 Å². The number of carbonyl (C=O) groups excluding carboxylic acids is 2. The Hall–Kier alpha value is -1.79. The molecule has 1 aromatic carbocycles. The van der Waals surface area contributed by atoms with Gasteiger partial charge in [-0.1, -0.05) is 13.8 Å². The number of ketones is 1. The molecule has 0 unspecified atom stereocenters. The number of nitrogens with two attached hydrogens (primary N) is 1. The molecule has 1 heterocycles. The maximum atomic E-state index is 12.5. The fourth-order valence-electron chi connectivity index (χ4n) is 2.87. The fraction of sp³-hybridized carbons (Fsp3) is 0.600. The number of rotatable bonds is 10. The third-order valence-electron chi connectivity index (χ3n) is 4.33. The summed E-state index contributed by atoms with van der Waals surface area (Å²) in [4.78, 5) is 26.4. The number of nitrogens with zero attached hydrogens (tertiary/aromatic N) is 1. The van der Waals surface area contributed by atoms with Crippen molar-refractivity contribution >= 4 is 24.1 Å². The molecule has 7 heteroatoms. The number of Topliss-reactive ketones (excluding diaryl/α,β-unsaturated/α-hetero) is 1. The van der Waals surface area contributed by atoms with E-state index in [9.17, 15) is 9.59 Å². The second-order valence-electron chi connectivity index (χ2n) is 6.67. The Labute approximate surface area is 167 Å². The SMILES string of the molecule is CCCOc1ccc(C(=O)CCC(=O)N2CC[C@@H](N)C2)cc1OCCC.Cl. The highest BCUT2D eigenvalue weighted by atomic mass is 35.5. The lowest BCUT2D eigenvalue weighted by Crippen LogP contribution is -2.32. The van der Waals surface area contributed by atoms with Crippen LogP contribution in [0.1, 0.15) is 56.3 Å². The minimum absolute atomic E-state index is 0. The van der Waals surface area contributed by atoms with Crippen molar-refractivity contribution in [3.05, 3.63) is 23.8 Å². The summed E-state index contributed by atoms with van der Waals surface area (Å²) >= 11 is 0. The van der Waals surface area contributed by atoms with Gasteiger partial charge in [-0.3, -0.25) is 9.59 Å². The molecular formula is C20H31ClN2O4. The molecule has 2 rings (SSSR count). The second-order valence-corrected chi connectivity index (χ2v) is 6.67. The molecule has 0 radical (unpaired) electrons. The van der Waals surface area contributed by atoms with Gasteiger partial charge in [0.25, 0.3) is 0 Å². The lowest BCUT2D eigenvalue weighted by molar-refractivity contribution is -0.130. The predicted molar refractivity (Wildman–Crippen MR) is 108 cm³/mol. The van der Waals surface area contributed by atoms with Crippen LogP contribution in [0.15, 0.2) is 18.2 Å². The first-order chi connectivity index (χ1) is 12.5. The Morgan fingerprint density at radius 2 is 1.78 bits per heavy atom. The second kappa shape index (κ2) is 11.8. The molecule has 1 aliphatic heterocycles. The summed E-state index contributed by atoms with van der Waals surface area (Å²) in [5, 5.41) is 0. The normalized spacial score (nSPS) is 16.0. The van der Waals surface area contributed by atoms with Crippen LogP contribution in [0.2, 0.25) is 0 Å². The van der Waals surface area contributed by atoms with Crippen molar-refractivity contribution in [2.24, 2.45) is 5.73 Å². The van der Waals surface area contributed by atoms with E-state index < -0.39 is 0 Å². The molecular weight excluding hydrogens is 368 g/mol. The van der Waals surface area contributed by atoms with Crippen molar-refractivity contribution in [2.75, 3.05) is 26.3 Å². The first kappa shape index (κ1) is 23.2. The summed E-state index contributed by atoms with van der Waals surface area (Å²) in [6.07, 6.45) is 3.00. The smallest absolute Gasteiger partial charge is 0.223 e. The lowest BCUT2D eigenvalue weighted by atomic mass is 10.1. The summed E-state index contributed by atoms with van der Waals surface area (Å²) in [5.41, 5.74) is 6.38. The maximum Gasteiger partial charge on any atom is 0.223 e. The topological polar surface area (TPSA) is 81.9 Å². The Balaban J connectivity index is 0.00000364. The van der Waals surface area contributed by atoms with Crippen LogP contribution < -0.4 is 15.2 Å². The molecule has 1 fully saturated rings. The number of benzene rings is 1. The zero-order valence-electron chi connectivity index (χ0n) is 16.2. The zero-order valence-corrected chi connectivity index (χ0v) is 17.1.